The van der Waals surface area contributed by atoms with E-state index < -0.39 is 0 Å². The maximum atomic E-state index is 6.57. The highest BCUT2D eigenvalue weighted by atomic mass is 16.3. The average molecular weight is 668 g/mol. The molecule has 0 amide bonds. The van der Waals surface area contributed by atoms with Gasteiger partial charge in [0.1, 0.15) is 28.2 Å². The van der Waals surface area contributed by atoms with Crippen molar-refractivity contribution in [2.24, 2.45) is 0 Å². The molecule has 0 bridgehead atoms. The summed E-state index contributed by atoms with van der Waals surface area (Å²) in [6, 6.07) is 46.6. The number of furan rings is 2. The first-order chi connectivity index (χ1) is 25.7. The van der Waals surface area contributed by atoms with E-state index in [9.17, 15) is 0 Å². The molecule has 1 aliphatic rings. The third-order valence-electron chi connectivity index (χ3n) is 10.4. The van der Waals surface area contributed by atoms with E-state index in [-0.39, 0.29) is 5.92 Å². The molecule has 1 atom stereocenters. The van der Waals surface area contributed by atoms with Crippen LogP contribution in [0.25, 0.3) is 99.3 Å². The summed E-state index contributed by atoms with van der Waals surface area (Å²) in [5, 5.41) is 9.04. The van der Waals surface area contributed by atoms with Crippen LogP contribution < -0.4 is 0 Å². The third-order valence-corrected chi connectivity index (χ3v) is 10.4. The van der Waals surface area contributed by atoms with Crippen LogP contribution in [0.3, 0.4) is 0 Å². The predicted octanol–water partition coefficient (Wildman–Crippen LogP) is 12.6. The minimum absolute atomic E-state index is 0.0222. The Balaban J connectivity index is 1.16. The number of fused-ring (bicyclic) bond motifs is 9. The molecule has 1 unspecified atom stereocenters. The molecule has 0 N–H and O–H groups in total. The van der Waals surface area contributed by atoms with Crippen LogP contribution in [0, 0.1) is 0 Å². The first-order valence-electron chi connectivity index (χ1n) is 17.6. The van der Waals surface area contributed by atoms with Gasteiger partial charge in [0.05, 0.1) is 0 Å². The van der Waals surface area contributed by atoms with Crippen molar-refractivity contribution in [3.8, 4) is 33.9 Å². The molecular formula is C47H29N3O2. The first kappa shape index (κ1) is 28.9. The smallest absolute Gasteiger partial charge is 0.164 e. The van der Waals surface area contributed by atoms with Gasteiger partial charge in [-0.3, -0.25) is 0 Å². The largest absolute Gasteiger partial charge is 0.456 e. The molecule has 1 aliphatic carbocycles. The fourth-order valence-corrected chi connectivity index (χ4v) is 7.82. The van der Waals surface area contributed by atoms with E-state index >= 15 is 0 Å². The minimum Gasteiger partial charge on any atom is -0.456 e. The van der Waals surface area contributed by atoms with Crippen LogP contribution in [0.2, 0.25) is 0 Å². The number of hydrogen-bond donors (Lipinski definition) is 0. The van der Waals surface area contributed by atoms with Crippen LogP contribution in [-0.4, -0.2) is 15.0 Å². The zero-order valence-electron chi connectivity index (χ0n) is 28.0. The Kier molecular flexibility index (Phi) is 6.31. The summed E-state index contributed by atoms with van der Waals surface area (Å²) in [6.45, 7) is 0. The summed E-state index contributed by atoms with van der Waals surface area (Å²) < 4.78 is 12.9. The SMILES string of the molecule is C1=CCC(c2nc(-c3ccc4c(c3)oc3ccccc34)nc(-c3cc(-c4ccc5ccc6ccccc6c5c4)cc4oc5ccccc5c34)n2)C=C1. The van der Waals surface area contributed by atoms with Crippen LogP contribution in [0.1, 0.15) is 18.2 Å². The lowest BCUT2D eigenvalue weighted by atomic mass is 9.94. The molecule has 11 rings (SSSR count). The van der Waals surface area contributed by atoms with Crippen LogP contribution in [0.4, 0.5) is 0 Å². The zero-order valence-corrected chi connectivity index (χ0v) is 28.0. The Bertz CT molecular complexity index is 3130. The standard InChI is InChI=1S/C47H29N3O2/c1-2-11-30(12-3-1)45-48-46(32-22-23-36-35-14-6-8-16-40(35)51-42(36)26-32)50-47(49-45)39-25-33(27-43-44(39)37-15-7-9-17-41(37)52-43)31-21-20-29-19-18-28-10-4-5-13-34(28)38(29)24-31/h1-11,13-27,30H,12H2. The van der Waals surface area contributed by atoms with E-state index in [1.54, 1.807) is 0 Å². The van der Waals surface area contributed by atoms with E-state index in [4.69, 9.17) is 23.8 Å². The fourth-order valence-electron chi connectivity index (χ4n) is 7.82. The number of benzene rings is 7. The normalized spacial score (nSPS) is 14.5. The lowest BCUT2D eigenvalue weighted by Crippen LogP contribution is -2.08. The topological polar surface area (TPSA) is 65.0 Å². The molecule has 3 heterocycles. The number of rotatable bonds is 4. The van der Waals surface area contributed by atoms with E-state index in [2.05, 4.69) is 121 Å². The van der Waals surface area contributed by atoms with E-state index in [0.29, 0.717) is 11.6 Å². The van der Waals surface area contributed by atoms with Gasteiger partial charge in [-0.1, -0.05) is 115 Å². The van der Waals surface area contributed by atoms with Gasteiger partial charge in [-0.05, 0) is 81.6 Å². The van der Waals surface area contributed by atoms with Gasteiger partial charge in [0.2, 0.25) is 0 Å². The molecule has 52 heavy (non-hydrogen) atoms. The summed E-state index contributed by atoms with van der Waals surface area (Å²) in [7, 11) is 0. The van der Waals surface area contributed by atoms with Gasteiger partial charge in [0.15, 0.2) is 11.6 Å². The number of para-hydroxylation sites is 2. The predicted molar refractivity (Wildman–Crippen MR) is 211 cm³/mol. The second-order valence-corrected chi connectivity index (χ2v) is 13.5. The third kappa shape index (κ3) is 4.60. The Morgan fingerprint density at radius 3 is 2.00 bits per heavy atom. The maximum absolute atomic E-state index is 6.57. The lowest BCUT2D eigenvalue weighted by Gasteiger charge is -2.15. The molecule has 5 heteroatoms. The van der Waals surface area contributed by atoms with Gasteiger partial charge >= 0.3 is 0 Å². The molecule has 5 nitrogen and oxygen atoms in total. The minimum atomic E-state index is 0.0222. The van der Waals surface area contributed by atoms with Crippen molar-refractivity contribution in [2.45, 2.75) is 12.3 Å². The summed E-state index contributed by atoms with van der Waals surface area (Å²) in [5.41, 5.74) is 7.18. The van der Waals surface area contributed by atoms with Gasteiger partial charge in [0.25, 0.3) is 0 Å². The summed E-state index contributed by atoms with van der Waals surface area (Å²) >= 11 is 0. The highest BCUT2D eigenvalue weighted by Crippen LogP contribution is 2.41. The van der Waals surface area contributed by atoms with Crippen molar-refractivity contribution in [3.05, 3.63) is 164 Å². The quantitative estimate of drug-likeness (QED) is 0.175. The maximum Gasteiger partial charge on any atom is 0.164 e. The van der Waals surface area contributed by atoms with Gasteiger partial charge < -0.3 is 8.83 Å². The highest BCUT2D eigenvalue weighted by Gasteiger charge is 2.22. The summed E-state index contributed by atoms with van der Waals surface area (Å²) in [5.74, 6) is 1.97. The van der Waals surface area contributed by atoms with Crippen molar-refractivity contribution in [1.29, 1.82) is 0 Å². The van der Waals surface area contributed by atoms with Crippen LogP contribution in [-0.2, 0) is 0 Å². The van der Waals surface area contributed by atoms with Gasteiger partial charge in [-0.25, -0.2) is 15.0 Å². The molecular weight excluding hydrogens is 639 g/mol. The molecule has 0 radical (unpaired) electrons. The molecule has 0 fully saturated rings. The van der Waals surface area contributed by atoms with Gasteiger partial charge in [0, 0.05) is 38.6 Å². The monoisotopic (exact) mass is 667 g/mol. The van der Waals surface area contributed by atoms with Crippen LogP contribution >= 0.6 is 0 Å². The highest BCUT2D eigenvalue weighted by molar-refractivity contribution is 6.14. The second-order valence-electron chi connectivity index (χ2n) is 13.5. The van der Waals surface area contributed by atoms with Gasteiger partial charge in [-0.2, -0.15) is 0 Å². The number of allylic oxidation sites excluding steroid dienone is 4. The Hall–Kier alpha value is -6.85. The van der Waals surface area contributed by atoms with Gasteiger partial charge in [-0.15, -0.1) is 0 Å². The van der Waals surface area contributed by atoms with Crippen molar-refractivity contribution < 1.29 is 8.83 Å². The fraction of sp³-hybridized carbons (Fsp3) is 0.0426. The zero-order chi connectivity index (χ0) is 34.2. The Morgan fingerprint density at radius 2 is 1.13 bits per heavy atom. The van der Waals surface area contributed by atoms with Crippen LogP contribution in [0.5, 0.6) is 0 Å². The molecule has 10 aromatic rings. The van der Waals surface area contributed by atoms with E-state index in [1.807, 2.05) is 36.4 Å². The molecule has 0 saturated carbocycles. The molecule has 244 valence electrons. The van der Waals surface area contributed by atoms with E-state index in [0.717, 1.165) is 78.4 Å². The Morgan fingerprint density at radius 1 is 0.462 bits per heavy atom. The van der Waals surface area contributed by atoms with Crippen LogP contribution in [0.15, 0.2) is 167 Å². The van der Waals surface area contributed by atoms with Crippen molar-refractivity contribution in [3.63, 3.8) is 0 Å². The summed E-state index contributed by atoms with van der Waals surface area (Å²) in [4.78, 5) is 15.6. The first-order valence-corrected chi connectivity index (χ1v) is 17.6. The molecule has 0 aliphatic heterocycles. The molecule has 0 spiro atoms. The summed E-state index contributed by atoms with van der Waals surface area (Å²) in [6.07, 6.45) is 9.30. The lowest BCUT2D eigenvalue weighted by molar-refractivity contribution is 0.668. The van der Waals surface area contributed by atoms with Crippen molar-refractivity contribution >= 4 is 65.4 Å². The molecule has 7 aromatic carbocycles. The second kappa shape index (κ2) is 11.3. The molecule has 0 saturated heterocycles. The number of hydrogen-bond acceptors (Lipinski definition) is 5. The van der Waals surface area contributed by atoms with Crippen molar-refractivity contribution in [1.82, 2.24) is 15.0 Å². The number of aromatic nitrogens is 3. The van der Waals surface area contributed by atoms with E-state index in [1.165, 1.54) is 21.5 Å². The number of nitrogens with zero attached hydrogens (tertiary/aromatic N) is 3. The van der Waals surface area contributed by atoms with Crippen molar-refractivity contribution in [2.75, 3.05) is 0 Å². The Labute approximate surface area is 298 Å². The average Bonchev–Trinajstić information content (AvgIpc) is 3.78. The molecule has 3 aromatic heterocycles.